The van der Waals surface area contributed by atoms with E-state index in [1.165, 1.54) is 12.3 Å². The van der Waals surface area contributed by atoms with Crippen LogP contribution in [0.15, 0.2) is 91.8 Å². The fourth-order valence-corrected chi connectivity index (χ4v) is 9.03. The maximum atomic E-state index is 14.5. The minimum atomic E-state index is -1.06. The molecular weight excluding hydrogens is 959 g/mol. The number of pyridine rings is 2. The first kappa shape index (κ1) is 47.2. The molecule has 0 radical (unpaired) electrons. The third-order valence-electron chi connectivity index (χ3n) is 12.0. The van der Waals surface area contributed by atoms with Crippen molar-refractivity contribution >= 4 is 80.3 Å². The molecule has 2 aromatic carbocycles. The number of anilines is 2. The lowest BCUT2D eigenvalue weighted by Crippen LogP contribution is -2.42. The Labute approximate surface area is 406 Å². The van der Waals surface area contributed by atoms with Crippen molar-refractivity contribution in [3.63, 3.8) is 0 Å². The number of benzene rings is 2. The summed E-state index contributed by atoms with van der Waals surface area (Å²) in [6, 6.07) is 13.7. The van der Waals surface area contributed by atoms with Gasteiger partial charge in [-0.05, 0) is 80.0 Å². The zero-order valence-electron chi connectivity index (χ0n) is 36.4. The third kappa shape index (κ3) is 10.7. The predicted octanol–water partition coefficient (Wildman–Crippen LogP) is 10.5. The van der Waals surface area contributed by atoms with E-state index >= 15 is 0 Å². The van der Waals surface area contributed by atoms with E-state index in [0.717, 1.165) is 55.6 Å². The minimum Gasteiger partial charge on any atom is -0.367 e. The molecule has 2 saturated heterocycles. The number of hydrogen-bond donors (Lipinski definition) is 4. The Balaban J connectivity index is 0.000000172. The number of likely N-dealkylation sites (tertiary alicyclic amines) is 2. The summed E-state index contributed by atoms with van der Waals surface area (Å²) in [7, 11) is 0. The maximum absolute atomic E-state index is 14.5. The summed E-state index contributed by atoms with van der Waals surface area (Å²) in [5.41, 5.74) is 3.17. The van der Waals surface area contributed by atoms with E-state index in [9.17, 15) is 27.2 Å². The van der Waals surface area contributed by atoms with Crippen molar-refractivity contribution in [2.45, 2.75) is 25.7 Å². The van der Waals surface area contributed by atoms with Crippen LogP contribution in [0.25, 0.3) is 44.8 Å². The number of amides is 2. The van der Waals surface area contributed by atoms with Gasteiger partial charge in [-0.25, -0.2) is 47.5 Å². The van der Waals surface area contributed by atoms with Crippen LogP contribution < -0.4 is 10.6 Å². The molecule has 4 N–H and O–H groups in total. The first-order valence-corrected chi connectivity index (χ1v) is 23.1. The number of hydrogen-bond acceptors (Lipinski definition) is 10. The van der Waals surface area contributed by atoms with E-state index in [-0.39, 0.29) is 40.8 Å². The summed E-state index contributed by atoms with van der Waals surface area (Å²) >= 11 is 18.4. The summed E-state index contributed by atoms with van der Waals surface area (Å²) in [5.74, 6) is -2.66. The van der Waals surface area contributed by atoms with E-state index in [1.54, 1.807) is 59.9 Å². The molecule has 0 saturated carbocycles. The molecule has 8 aromatic rings. The van der Waals surface area contributed by atoms with Gasteiger partial charge in [0.25, 0.3) is 11.8 Å². The molecule has 0 aliphatic carbocycles. The summed E-state index contributed by atoms with van der Waals surface area (Å²) in [6.45, 7) is 2.98. The van der Waals surface area contributed by atoms with Gasteiger partial charge < -0.3 is 30.4 Å². The van der Waals surface area contributed by atoms with Crippen molar-refractivity contribution in [3.8, 4) is 22.8 Å². The molecule has 21 heteroatoms. The summed E-state index contributed by atoms with van der Waals surface area (Å²) in [4.78, 5) is 60.6. The SMILES string of the molecule is O=C(c1ccc(F)c(F)c1)N1CCCC(CNc2nc(-c3c[nH]c4ncc(Cl)cc34)ncc2F)C1.O=C(c1ccccc1Cl)N1CCCC(CNc2nc(-c3c[nH]c4ncc(Cl)cc34)ncc2F)C1. The number of nitrogens with one attached hydrogen (secondary N) is 4. The van der Waals surface area contributed by atoms with Gasteiger partial charge in [-0.15, -0.1) is 0 Å². The zero-order valence-corrected chi connectivity index (χ0v) is 38.7. The Morgan fingerprint density at radius 1 is 0.623 bits per heavy atom. The van der Waals surface area contributed by atoms with Crippen LogP contribution in [0.3, 0.4) is 0 Å². The van der Waals surface area contributed by atoms with Crippen LogP contribution in [0.5, 0.6) is 0 Å². The Morgan fingerprint density at radius 3 is 1.67 bits per heavy atom. The monoisotopic (exact) mass is 998 g/mol. The Bertz CT molecular complexity index is 3190. The van der Waals surface area contributed by atoms with Gasteiger partial charge in [0.2, 0.25) is 0 Å². The summed E-state index contributed by atoms with van der Waals surface area (Å²) in [6.07, 6.45) is 12.1. The molecule has 0 spiro atoms. The number of fused-ring (bicyclic) bond motifs is 2. The number of piperidine rings is 2. The largest absolute Gasteiger partial charge is 0.367 e. The highest BCUT2D eigenvalue weighted by molar-refractivity contribution is 6.34. The topological polar surface area (TPSA) is 174 Å². The average Bonchev–Trinajstić information content (AvgIpc) is 3.98. The second-order valence-corrected chi connectivity index (χ2v) is 18.0. The molecule has 2 aliphatic rings. The van der Waals surface area contributed by atoms with Gasteiger partial charge in [-0.3, -0.25) is 9.59 Å². The van der Waals surface area contributed by atoms with Crippen molar-refractivity contribution in [2.75, 3.05) is 49.9 Å². The van der Waals surface area contributed by atoms with Gasteiger partial charge in [-0.1, -0.05) is 46.9 Å². The first-order valence-electron chi connectivity index (χ1n) is 22.0. The number of aromatic amines is 2. The normalized spacial score (nSPS) is 16.0. The standard InChI is InChI=1S/C24H21Cl2FN6O.C24H20ClF3N6O/c25-15-8-17-18(11-30-21(17)29-10-15)22-31-12-20(27)23(32-22)28-9-14-4-3-7-33(13-14)24(34)16-5-1-2-6-19(16)26;25-15-7-16-17(10-31-21(16)30-9-15)22-32-11-20(28)23(33-22)29-8-13-2-1-5-34(12-13)24(35)14-3-4-18(26)19(27)6-14/h1-2,5-6,8,10-12,14H,3-4,7,9,13H2,(H,29,30)(H,28,31,32);3-4,6-7,9-11,13H,1-2,5,8,12H2,(H,30,31)(H,29,32,33). The zero-order chi connectivity index (χ0) is 48.2. The van der Waals surface area contributed by atoms with Gasteiger partial charge >= 0.3 is 0 Å². The number of rotatable bonds is 10. The lowest BCUT2D eigenvalue weighted by molar-refractivity contribution is 0.0673. The second-order valence-electron chi connectivity index (χ2n) is 16.7. The fourth-order valence-electron chi connectivity index (χ4n) is 8.50. The summed E-state index contributed by atoms with van der Waals surface area (Å²) < 4.78 is 55.8. The molecule has 2 aliphatic heterocycles. The fraction of sp³-hybridized carbons (Fsp3) is 0.250. The van der Waals surface area contributed by atoms with Gasteiger partial charge in [0.15, 0.2) is 46.6 Å². The molecule has 6 aromatic heterocycles. The Hall–Kier alpha value is -6.89. The van der Waals surface area contributed by atoms with Crippen molar-refractivity contribution in [1.29, 1.82) is 0 Å². The van der Waals surface area contributed by atoms with Crippen LogP contribution in [-0.4, -0.2) is 101 Å². The number of H-pyrrole nitrogens is 2. The van der Waals surface area contributed by atoms with Gasteiger partial charge in [0.05, 0.1) is 33.0 Å². The second kappa shape index (κ2) is 20.8. The maximum Gasteiger partial charge on any atom is 0.255 e. The van der Waals surface area contributed by atoms with Crippen LogP contribution >= 0.6 is 34.8 Å². The van der Waals surface area contributed by atoms with Gasteiger partial charge in [0.1, 0.15) is 11.3 Å². The number of halogens is 7. The van der Waals surface area contributed by atoms with Crippen LogP contribution in [0.2, 0.25) is 15.1 Å². The highest BCUT2D eigenvalue weighted by Gasteiger charge is 2.28. The Kier molecular flexibility index (Phi) is 14.2. The van der Waals surface area contributed by atoms with Crippen molar-refractivity contribution in [2.24, 2.45) is 11.8 Å². The number of carbonyl (C=O) groups excluding carboxylic acids is 2. The molecule has 8 heterocycles. The third-order valence-corrected chi connectivity index (χ3v) is 12.7. The van der Waals surface area contributed by atoms with Crippen molar-refractivity contribution in [3.05, 3.63) is 141 Å². The molecular formula is C48H41Cl3F4N12O2. The molecule has 69 heavy (non-hydrogen) atoms. The van der Waals surface area contributed by atoms with Crippen LogP contribution in [0, 0.1) is 35.1 Å². The lowest BCUT2D eigenvalue weighted by atomic mass is 9.97. The summed E-state index contributed by atoms with van der Waals surface area (Å²) in [5, 5.41) is 9.01. The smallest absolute Gasteiger partial charge is 0.255 e. The molecule has 0 bridgehead atoms. The van der Waals surface area contributed by atoms with Crippen LogP contribution in [0.4, 0.5) is 29.2 Å². The van der Waals surface area contributed by atoms with Gasteiger partial charge in [-0.2, -0.15) is 0 Å². The van der Waals surface area contributed by atoms with E-state index in [0.29, 0.717) is 99.4 Å². The first-order chi connectivity index (χ1) is 33.4. The number of carbonyl (C=O) groups is 2. The molecule has 2 fully saturated rings. The Morgan fingerprint density at radius 2 is 1.14 bits per heavy atom. The van der Waals surface area contributed by atoms with Crippen molar-refractivity contribution in [1.82, 2.24) is 49.7 Å². The number of aromatic nitrogens is 8. The predicted molar refractivity (Wildman–Crippen MR) is 256 cm³/mol. The lowest BCUT2D eigenvalue weighted by Gasteiger charge is -2.33. The van der Waals surface area contributed by atoms with Crippen LogP contribution in [0.1, 0.15) is 46.4 Å². The van der Waals surface area contributed by atoms with E-state index < -0.39 is 23.3 Å². The molecule has 354 valence electrons. The van der Waals surface area contributed by atoms with E-state index in [4.69, 9.17) is 34.8 Å². The molecule has 2 atom stereocenters. The molecule has 10 rings (SSSR count). The van der Waals surface area contributed by atoms with E-state index in [1.807, 2.05) is 4.90 Å². The van der Waals surface area contributed by atoms with E-state index in [2.05, 4.69) is 50.5 Å². The number of nitrogens with zero attached hydrogens (tertiary/aromatic N) is 8. The highest BCUT2D eigenvalue weighted by Crippen LogP contribution is 2.31. The van der Waals surface area contributed by atoms with Crippen molar-refractivity contribution < 1.29 is 27.2 Å². The highest BCUT2D eigenvalue weighted by atomic mass is 35.5. The van der Waals surface area contributed by atoms with Crippen LogP contribution in [-0.2, 0) is 0 Å². The quantitative estimate of drug-likeness (QED) is 0.0966. The molecule has 14 nitrogen and oxygen atoms in total. The molecule has 2 unspecified atom stereocenters. The molecule has 2 amide bonds. The van der Waals surface area contributed by atoms with Gasteiger partial charge in [0, 0.05) is 91.5 Å². The minimum absolute atomic E-state index is 0.0203. The average molecular weight is 1000 g/mol.